The molecule has 2 aromatic heterocycles. The predicted octanol–water partition coefficient (Wildman–Crippen LogP) is 2.52. The molecule has 1 N–H and O–H groups in total. The summed E-state index contributed by atoms with van der Waals surface area (Å²) < 4.78 is 2.03. The Hall–Kier alpha value is -0.840. The standard InChI is InChI=1S/C10H12ClN3S/c1-12-6-7-9(11)13-10(14(7)2)8-4-3-5-15-8/h3-5,12H,6H2,1-2H3. The Balaban J connectivity index is 2.46. The molecule has 0 fully saturated rings. The van der Waals surface area contributed by atoms with Gasteiger partial charge in [0.1, 0.15) is 0 Å². The molecule has 0 aliphatic heterocycles. The lowest BCUT2D eigenvalue weighted by atomic mass is 10.4. The maximum atomic E-state index is 6.08. The van der Waals surface area contributed by atoms with Gasteiger partial charge in [-0.25, -0.2) is 4.98 Å². The summed E-state index contributed by atoms with van der Waals surface area (Å²) in [4.78, 5) is 5.51. The minimum absolute atomic E-state index is 0.579. The number of hydrogen-bond donors (Lipinski definition) is 1. The predicted molar refractivity (Wildman–Crippen MR) is 64.3 cm³/mol. The van der Waals surface area contributed by atoms with Crippen molar-refractivity contribution in [3.8, 4) is 10.7 Å². The van der Waals surface area contributed by atoms with Crippen molar-refractivity contribution < 1.29 is 0 Å². The second-order valence-corrected chi connectivity index (χ2v) is 4.55. The van der Waals surface area contributed by atoms with E-state index in [0.29, 0.717) is 5.15 Å². The SMILES string of the molecule is CNCc1c(Cl)nc(-c2cccs2)n1C. The van der Waals surface area contributed by atoms with Crippen LogP contribution in [0.1, 0.15) is 5.69 Å². The van der Waals surface area contributed by atoms with Crippen LogP contribution in [-0.2, 0) is 13.6 Å². The van der Waals surface area contributed by atoms with Crippen LogP contribution in [0.15, 0.2) is 17.5 Å². The Labute approximate surface area is 97.7 Å². The molecule has 2 aromatic rings. The lowest BCUT2D eigenvalue weighted by Crippen LogP contribution is -2.09. The van der Waals surface area contributed by atoms with E-state index in [0.717, 1.165) is 22.9 Å². The second-order valence-electron chi connectivity index (χ2n) is 3.24. The van der Waals surface area contributed by atoms with Crippen molar-refractivity contribution in [1.82, 2.24) is 14.9 Å². The molecule has 0 spiro atoms. The molecule has 5 heteroatoms. The molecule has 2 heterocycles. The number of halogens is 1. The summed E-state index contributed by atoms with van der Waals surface area (Å²) in [5, 5.41) is 5.70. The van der Waals surface area contributed by atoms with Crippen LogP contribution in [0.5, 0.6) is 0 Å². The van der Waals surface area contributed by atoms with Gasteiger partial charge in [0.15, 0.2) is 11.0 Å². The van der Waals surface area contributed by atoms with E-state index in [4.69, 9.17) is 11.6 Å². The number of nitrogens with one attached hydrogen (secondary N) is 1. The third kappa shape index (κ3) is 1.93. The average molecular weight is 242 g/mol. The molecule has 2 rings (SSSR count). The van der Waals surface area contributed by atoms with Crippen molar-refractivity contribution in [1.29, 1.82) is 0 Å². The lowest BCUT2D eigenvalue weighted by Gasteiger charge is -2.03. The first-order valence-electron chi connectivity index (χ1n) is 4.63. The Morgan fingerprint density at radius 1 is 1.60 bits per heavy atom. The van der Waals surface area contributed by atoms with Crippen molar-refractivity contribution >= 4 is 22.9 Å². The second kappa shape index (κ2) is 4.35. The first-order valence-corrected chi connectivity index (χ1v) is 5.89. The highest BCUT2D eigenvalue weighted by Crippen LogP contribution is 2.27. The van der Waals surface area contributed by atoms with Gasteiger partial charge in [-0.15, -0.1) is 11.3 Å². The number of hydrogen-bond acceptors (Lipinski definition) is 3. The van der Waals surface area contributed by atoms with Gasteiger partial charge in [0, 0.05) is 13.6 Å². The zero-order chi connectivity index (χ0) is 10.8. The number of imidazole rings is 1. The smallest absolute Gasteiger partial charge is 0.152 e. The summed E-state index contributed by atoms with van der Waals surface area (Å²) in [5.41, 5.74) is 1.02. The van der Waals surface area contributed by atoms with Gasteiger partial charge in [-0.2, -0.15) is 0 Å². The molecule has 0 unspecified atom stereocenters. The molecule has 0 radical (unpaired) electrons. The molecular weight excluding hydrogens is 230 g/mol. The third-order valence-electron chi connectivity index (χ3n) is 2.25. The summed E-state index contributed by atoms with van der Waals surface area (Å²) in [6, 6.07) is 4.06. The highest BCUT2D eigenvalue weighted by molar-refractivity contribution is 7.13. The fourth-order valence-corrected chi connectivity index (χ4v) is 2.51. The Morgan fingerprint density at radius 2 is 2.40 bits per heavy atom. The van der Waals surface area contributed by atoms with Gasteiger partial charge in [0.2, 0.25) is 0 Å². The summed E-state index contributed by atoms with van der Waals surface area (Å²) in [7, 11) is 3.88. The van der Waals surface area contributed by atoms with Crippen molar-refractivity contribution in [3.63, 3.8) is 0 Å². The van der Waals surface area contributed by atoms with Crippen LogP contribution in [0.3, 0.4) is 0 Å². The van der Waals surface area contributed by atoms with Gasteiger partial charge in [-0.05, 0) is 18.5 Å². The van der Waals surface area contributed by atoms with Crippen molar-refractivity contribution in [3.05, 3.63) is 28.4 Å². The molecule has 0 amide bonds. The van der Waals surface area contributed by atoms with Gasteiger partial charge in [-0.1, -0.05) is 17.7 Å². The van der Waals surface area contributed by atoms with Crippen LogP contribution in [-0.4, -0.2) is 16.6 Å². The van der Waals surface area contributed by atoms with Gasteiger partial charge >= 0.3 is 0 Å². The number of rotatable bonds is 3. The maximum absolute atomic E-state index is 6.08. The minimum Gasteiger partial charge on any atom is -0.328 e. The molecule has 0 saturated heterocycles. The van der Waals surface area contributed by atoms with Crippen LogP contribution in [0, 0.1) is 0 Å². The topological polar surface area (TPSA) is 29.9 Å². The van der Waals surface area contributed by atoms with E-state index >= 15 is 0 Å². The van der Waals surface area contributed by atoms with E-state index in [2.05, 4.69) is 10.3 Å². The molecule has 0 aromatic carbocycles. The number of aromatic nitrogens is 2. The van der Waals surface area contributed by atoms with E-state index in [1.54, 1.807) is 11.3 Å². The van der Waals surface area contributed by atoms with Gasteiger partial charge in [0.05, 0.1) is 10.6 Å². The van der Waals surface area contributed by atoms with E-state index in [1.807, 2.05) is 36.2 Å². The van der Waals surface area contributed by atoms with E-state index < -0.39 is 0 Å². The molecule has 0 aliphatic carbocycles. The fraction of sp³-hybridized carbons (Fsp3) is 0.300. The molecule has 3 nitrogen and oxygen atoms in total. The fourth-order valence-electron chi connectivity index (χ4n) is 1.48. The Kier molecular flexibility index (Phi) is 3.09. The lowest BCUT2D eigenvalue weighted by molar-refractivity contribution is 0.738. The monoisotopic (exact) mass is 241 g/mol. The van der Waals surface area contributed by atoms with Crippen LogP contribution in [0.25, 0.3) is 10.7 Å². The largest absolute Gasteiger partial charge is 0.328 e. The van der Waals surface area contributed by atoms with Crippen molar-refractivity contribution in [2.24, 2.45) is 7.05 Å². The molecule has 15 heavy (non-hydrogen) atoms. The van der Waals surface area contributed by atoms with Crippen LogP contribution in [0.4, 0.5) is 0 Å². The summed E-state index contributed by atoms with van der Waals surface area (Å²) in [5.74, 6) is 0.931. The summed E-state index contributed by atoms with van der Waals surface area (Å²) in [6.07, 6.45) is 0. The molecule has 0 bridgehead atoms. The quantitative estimate of drug-likeness (QED) is 0.895. The zero-order valence-corrected chi connectivity index (χ0v) is 10.2. The Morgan fingerprint density at radius 3 is 3.00 bits per heavy atom. The number of nitrogens with zero attached hydrogens (tertiary/aromatic N) is 2. The average Bonchev–Trinajstić information content (AvgIpc) is 2.81. The summed E-state index contributed by atoms with van der Waals surface area (Å²) in [6.45, 7) is 0.730. The minimum atomic E-state index is 0.579. The molecular formula is C10H12ClN3S. The maximum Gasteiger partial charge on any atom is 0.152 e. The Bertz CT molecular complexity index is 447. The molecule has 0 aliphatic rings. The highest BCUT2D eigenvalue weighted by Gasteiger charge is 2.13. The summed E-state index contributed by atoms with van der Waals surface area (Å²) >= 11 is 7.75. The molecule has 0 saturated carbocycles. The normalized spacial score (nSPS) is 10.9. The van der Waals surface area contributed by atoms with Crippen LogP contribution in [0.2, 0.25) is 5.15 Å². The van der Waals surface area contributed by atoms with Gasteiger partial charge in [0.25, 0.3) is 0 Å². The van der Waals surface area contributed by atoms with Crippen LogP contribution >= 0.6 is 22.9 Å². The number of thiophene rings is 1. The third-order valence-corrected chi connectivity index (χ3v) is 3.42. The zero-order valence-electron chi connectivity index (χ0n) is 8.62. The van der Waals surface area contributed by atoms with Crippen LogP contribution < -0.4 is 5.32 Å². The molecule has 0 atom stereocenters. The van der Waals surface area contributed by atoms with E-state index in [1.165, 1.54) is 0 Å². The van der Waals surface area contributed by atoms with Crippen molar-refractivity contribution in [2.45, 2.75) is 6.54 Å². The van der Waals surface area contributed by atoms with Gasteiger partial charge < -0.3 is 9.88 Å². The first kappa shape index (κ1) is 10.7. The van der Waals surface area contributed by atoms with E-state index in [-0.39, 0.29) is 0 Å². The van der Waals surface area contributed by atoms with E-state index in [9.17, 15) is 0 Å². The highest BCUT2D eigenvalue weighted by atomic mass is 35.5. The molecule has 80 valence electrons. The van der Waals surface area contributed by atoms with Crippen molar-refractivity contribution in [2.75, 3.05) is 7.05 Å². The van der Waals surface area contributed by atoms with Gasteiger partial charge in [-0.3, -0.25) is 0 Å². The first-order chi connectivity index (χ1) is 7.24.